The largest absolute Gasteiger partial charge is 0.364 e. The van der Waals surface area contributed by atoms with Crippen LogP contribution in [-0.2, 0) is 0 Å². The van der Waals surface area contributed by atoms with E-state index in [0.717, 1.165) is 0 Å². The second-order valence-electron chi connectivity index (χ2n) is 2.97. The molecule has 0 saturated carbocycles. The number of amides is 1. The van der Waals surface area contributed by atoms with Crippen molar-refractivity contribution in [1.82, 2.24) is 9.97 Å². The van der Waals surface area contributed by atoms with Gasteiger partial charge in [0.05, 0.1) is 5.69 Å². The van der Waals surface area contributed by atoms with E-state index in [2.05, 4.69) is 9.97 Å². The van der Waals surface area contributed by atoms with Gasteiger partial charge in [0.2, 0.25) is 0 Å². The SMILES string of the molecule is NC(=O)c1ccc(F)c(-c2ccc[nH]2)n1. The molecule has 1 amide bonds. The van der Waals surface area contributed by atoms with E-state index in [9.17, 15) is 9.18 Å². The Morgan fingerprint density at radius 3 is 2.80 bits per heavy atom. The monoisotopic (exact) mass is 205 g/mol. The molecule has 2 aromatic rings. The quantitative estimate of drug-likeness (QED) is 0.775. The summed E-state index contributed by atoms with van der Waals surface area (Å²) in [6, 6.07) is 5.80. The third-order valence-electron chi connectivity index (χ3n) is 1.95. The van der Waals surface area contributed by atoms with Crippen LogP contribution in [0.3, 0.4) is 0 Å². The predicted molar refractivity (Wildman–Crippen MR) is 52.5 cm³/mol. The molecule has 3 N–H and O–H groups in total. The molecule has 0 fully saturated rings. The van der Waals surface area contributed by atoms with Gasteiger partial charge in [0.1, 0.15) is 11.4 Å². The van der Waals surface area contributed by atoms with Crippen molar-refractivity contribution in [3.05, 3.63) is 42.0 Å². The average molecular weight is 205 g/mol. The zero-order valence-corrected chi connectivity index (χ0v) is 7.70. The molecule has 0 bridgehead atoms. The highest BCUT2D eigenvalue weighted by Gasteiger charge is 2.10. The minimum atomic E-state index is -0.678. The lowest BCUT2D eigenvalue weighted by Gasteiger charge is -2.01. The van der Waals surface area contributed by atoms with Crippen molar-refractivity contribution < 1.29 is 9.18 Å². The first-order valence-electron chi connectivity index (χ1n) is 4.28. The van der Waals surface area contributed by atoms with Gasteiger partial charge in [-0.05, 0) is 24.3 Å². The molecule has 2 rings (SSSR count). The maximum absolute atomic E-state index is 13.4. The number of H-pyrrole nitrogens is 1. The topological polar surface area (TPSA) is 71.8 Å². The maximum atomic E-state index is 13.4. The van der Waals surface area contributed by atoms with Crippen molar-refractivity contribution in [3.8, 4) is 11.4 Å². The lowest BCUT2D eigenvalue weighted by molar-refractivity contribution is 0.0995. The minimum absolute atomic E-state index is 0.0426. The normalized spacial score (nSPS) is 10.2. The van der Waals surface area contributed by atoms with Gasteiger partial charge in [-0.25, -0.2) is 9.37 Å². The lowest BCUT2D eigenvalue weighted by atomic mass is 10.2. The Labute approximate surface area is 84.9 Å². The molecule has 5 heteroatoms. The van der Waals surface area contributed by atoms with Crippen molar-refractivity contribution in [1.29, 1.82) is 0 Å². The highest BCUT2D eigenvalue weighted by atomic mass is 19.1. The molecule has 4 nitrogen and oxygen atoms in total. The number of nitrogens with one attached hydrogen (secondary N) is 1. The van der Waals surface area contributed by atoms with Crippen LogP contribution in [0.2, 0.25) is 0 Å². The fourth-order valence-electron chi connectivity index (χ4n) is 1.25. The number of carbonyl (C=O) groups excluding carboxylic acids is 1. The number of primary amides is 1. The lowest BCUT2D eigenvalue weighted by Crippen LogP contribution is -2.13. The molecule has 0 atom stereocenters. The van der Waals surface area contributed by atoms with Crippen molar-refractivity contribution in [2.45, 2.75) is 0 Å². The fraction of sp³-hybridized carbons (Fsp3) is 0. The molecule has 0 saturated heterocycles. The summed E-state index contributed by atoms with van der Waals surface area (Å²) >= 11 is 0. The summed E-state index contributed by atoms with van der Waals surface area (Å²) in [6.45, 7) is 0. The molecular weight excluding hydrogens is 197 g/mol. The predicted octanol–water partition coefficient (Wildman–Crippen LogP) is 1.31. The number of pyridine rings is 1. The van der Waals surface area contributed by atoms with E-state index < -0.39 is 11.7 Å². The second-order valence-corrected chi connectivity index (χ2v) is 2.97. The molecule has 0 aliphatic carbocycles. The molecule has 0 aromatic carbocycles. The van der Waals surface area contributed by atoms with Gasteiger partial charge in [-0.3, -0.25) is 4.79 Å². The third kappa shape index (κ3) is 1.71. The van der Waals surface area contributed by atoms with Gasteiger partial charge in [-0.2, -0.15) is 0 Å². The number of rotatable bonds is 2. The molecule has 0 spiro atoms. The zero-order valence-electron chi connectivity index (χ0n) is 7.70. The number of halogens is 1. The number of carbonyl (C=O) groups is 1. The van der Waals surface area contributed by atoms with Crippen LogP contribution < -0.4 is 5.73 Å². The van der Waals surface area contributed by atoms with Gasteiger partial charge in [0, 0.05) is 6.20 Å². The van der Waals surface area contributed by atoms with Crippen LogP contribution in [0.4, 0.5) is 4.39 Å². The second kappa shape index (κ2) is 3.53. The number of hydrogen-bond acceptors (Lipinski definition) is 2. The van der Waals surface area contributed by atoms with Crippen molar-refractivity contribution in [3.63, 3.8) is 0 Å². The number of aromatic nitrogens is 2. The Hall–Kier alpha value is -2.17. The molecule has 0 unspecified atom stereocenters. The highest BCUT2D eigenvalue weighted by molar-refractivity contribution is 5.91. The fourth-order valence-corrected chi connectivity index (χ4v) is 1.25. The van der Waals surface area contributed by atoms with E-state index in [-0.39, 0.29) is 11.4 Å². The Morgan fingerprint density at radius 1 is 1.40 bits per heavy atom. The van der Waals surface area contributed by atoms with Crippen molar-refractivity contribution >= 4 is 5.91 Å². The summed E-state index contributed by atoms with van der Waals surface area (Å²) < 4.78 is 13.4. The average Bonchev–Trinajstić information content (AvgIpc) is 2.71. The first-order chi connectivity index (χ1) is 7.18. The summed E-state index contributed by atoms with van der Waals surface area (Å²) in [5.41, 5.74) is 5.70. The number of aromatic amines is 1. The molecular formula is C10H8FN3O. The molecule has 15 heavy (non-hydrogen) atoms. The Balaban J connectivity index is 2.55. The van der Waals surface area contributed by atoms with Crippen LogP contribution in [0.5, 0.6) is 0 Å². The van der Waals surface area contributed by atoms with Gasteiger partial charge in [0.25, 0.3) is 5.91 Å². The molecule has 76 valence electrons. The number of nitrogens with zero attached hydrogens (tertiary/aromatic N) is 1. The van der Waals surface area contributed by atoms with E-state index in [1.165, 1.54) is 12.1 Å². The summed E-state index contributed by atoms with van der Waals surface area (Å²) in [5, 5.41) is 0. The smallest absolute Gasteiger partial charge is 0.267 e. The molecule has 0 aliphatic rings. The summed E-state index contributed by atoms with van der Waals surface area (Å²) in [6.07, 6.45) is 1.65. The van der Waals surface area contributed by atoms with Crippen molar-refractivity contribution in [2.75, 3.05) is 0 Å². The highest BCUT2D eigenvalue weighted by Crippen LogP contribution is 2.18. The molecule has 2 aromatic heterocycles. The summed E-state index contributed by atoms with van der Waals surface area (Å²) in [7, 11) is 0. The van der Waals surface area contributed by atoms with Gasteiger partial charge >= 0.3 is 0 Å². The Kier molecular flexibility index (Phi) is 2.21. The third-order valence-corrected chi connectivity index (χ3v) is 1.95. The first kappa shape index (κ1) is 9.39. The van der Waals surface area contributed by atoms with Crippen LogP contribution in [-0.4, -0.2) is 15.9 Å². The first-order valence-corrected chi connectivity index (χ1v) is 4.28. The van der Waals surface area contributed by atoms with E-state index >= 15 is 0 Å². The number of nitrogens with two attached hydrogens (primary N) is 1. The number of hydrogen-bond donors (Lipinski definition) is 2. The van der Waals surface area contributed by atoms with Gasteiger partial charge in [-0.15, -0.1) is 0 Å². The van der Waals surface area contributed by atoms with E-state index in [4.69, 9.17) is 5.73 Å². The van der Waals surface area contributed by atoms with Crippen LogP contribution in [0.1, 0.15) is 10.5 Å². The molecule has 0 radical (unpaired) electrons. The van der Waals surface area contributed by atoms with Crippen LogP contribution in [0.25, 0.3) is 11.4 Å². The summed E-state index contributed by atoms with van der Waals surface area (Å²) in [5.74, 6) is -1.18. The van der Waals surface area contributed by atoms with Crippen LogP contribution >= 0.6 is 0 Å². The van der Waals surface area contributed by atoms with E-state index in [0.29, 0.717) is 5.69 Å². The maximum Gasteiger partial charge on any atom is 0.267 e. The molecule has 0 aliphatic heterocycles. The minimum Gasteiger partial charge on any atom is -0.364 e. The Morgan fingerprint density at radius 2 is 2.20 bits per heavy atom. The standard InChI is InChI=1S/C10H8FN3O/c11-6-3-4-8(10(12)15)14-9(6)7-2-1-5-13-7/h1-5,13H,(H2,12,15). The van der Waals surface area contributed by atoms with Crippen LogP contribution in [0.15, 0.2) is 30.5 Å². The molecule has 2 heterocycles. The van der Waals surface area contributed by atoms with Crippen molar-refractivity contribution in [2.24, 2.45) is 5.73 Å². The van der Waals surface area contributed by atoms with E-state index in [1.54, 1.807) is 18.3 Å². The van der Waals surface area contributed by atoms with E-state index in [1.807, 2.05) is 0 Å². The zero-order chi connectivity index (χ0) is 10.8. The van der Waals surface area contributed by atoms with Gasteiger partial charge in [0.15, 0.2) is 5.82 Å². The van der Waals surface area contributed by atoms with Gasteiger partial charge in [-0.1, -0.05) is 0 Å². The van der Waals surface area contributed by atoms with Gasteiger partial charge < -0.3 is 10.7 Å². The Bertz CT molecular complexity index is 493. The van der Waals surface area contributed by atoms with Crippen LogP contribution in [0, 0.1) is 5.82 Å². The summed E-state index contributed by atoms with van der Waals surface area (Å²) in [4.78, 5) is 17.5.